The lowest BCUT2D eigenvalue weighted by Gasteiger charge is -2.35. The summed E-state index contributed by atoms with van der Waals surface area (Å²) in [5.74, 6) is 2.39. The molecule has 0 saturated carbocycles. The lowest BCUT2D eigenvalue weighted by Crippen LogP contribution is -2.46. The number of benzene rings is 2. The fraction of sp³-hybridized carbons (Fsp3) is 0.500. The molecule has 3 fully saturated rings. The molecule has 2 N–H and O–H groups in total. The number of amides is 2. The van der Waals surface area contributed by atoms with Gasteiger partial charge in [0.25, 0.3) is 0 Å². The van der Waals surface area contributed by atoms with Gasteiger partial charge in [-0.25, -0.2) is 9.78 Å². The predicted molar refractivity (Wildman–Crippen MR) is 169 cm³/mol. The second-order valence-corrected chi connectivity index (χ2v) is 11.4. The number of ether oxygens (including phenoxy) is 2. The highest BCUT2D eigenvalue weighted by atomic mass is 16.5. The van der Waals surface area contributed by atoms with Gasteiger partial charge in [0.1, 0.15) is 5.82 Å². The Kier molecular flexibility index (Phi) is 9.30. The van der Waals surface area contributed by atoms with E-state index in [4.69, 9.17) is 24.4 Å². The van der Waals surface area contributed by atoms with Gasteiger partial charge in [0.2, 0.25) is 5.95 Å². The molecule has 6 rings (SSSR count). The van der Waals surface area contributed by atoms with Crippen LogP contribution < -0.4 is 20.4 Å². The van der Waals surface area contributed by atoms with Gasteiger partial charge in [0, 0.05) is 74.5 Å². The summed E-state index contributed by atoms with van der Waals surface area (Å²) in [6.45, 7) is 13.1. The summed E-state index contributed by atoms with van der Waals surface area (Å²) in [4.78, 5) is 34.5. The van der Waals surface area contributed by atoms with Crippen LogP contribution in [0.3, 0.4) is 0 Å². The minimum Gasteiger partial charge on any atom is -0.381 e. The third-order valence-electron chi connectivity index (χ3n) is 8.56. The van der Waals surface area contributed by atoms with E-state index in [9.17, 15) is 4.79 Å². The number of rotatable bonds is 7. The van der Waals surface area contributed by atoms with Crippen LogP contribution in [0.4, 0.5) is 27.8 Å². The Morgan fingerprint density at radius 1 is 0.837 bits per heavy atom. The summed E-state index contributed by atoms with van der Waals surface area (Å²) < 4.78 is 11.2. The molecule has 11 nitrogen and oxygen atoms in total. The molecule has 3 saturated heterocycles. The Labute approximate surface area is 253 Å². The molecule has 0 radical (unpaired) electrons. The molecule has 1 unspecified atom stereocenters. The second kappa shape index (κ2) is 13.7. The van der Waals surface area contributed by atoms with E-state index in [0.717, 1.165) is 82.4 Å². The van der Waals surface area contributed by atoms with Gasteiger partial charge in [-0.15, -0.1) is 0 Å². The third-order valence-corrected chi connectivity index (χ3v) is 8.56. The third kappa shape index (κ3) is 7.23. The van der Waals surface area contributed by atoms with Gasteiger partial charge in [0.15, 0.2) is 5.82 Å². The van der Waals surface area contributed by atoms with Crippen molar-refractivity contribution >= 4 is 29.0 Å². The predicted octanol–water partition coefficient (Wildman–Crippen LogP) is 4.44. The molecule has 228 valence electrons. The zero-order chi connectivity index (χ0) is 29.6. The molecule has 2 aromatic carbocycles. The number of anilines is 4. The summed E-state index contributed by atoms with van der Waals surface area (Å²) in [7, 11) is 0. The van der Waals surface area contributed by atoms with Crippen molar-refractivity contribution < 1.29 is 14.3 Å². The maximum absolute atomic E-state index is 12.8. The van der Waals surface area contributed by atoms with Gasteiger partial charge in [-0.05, 0) is 74.8 Å². The van der Waals surface area contributed by atoms with Gasteiger partial charge >= 0.3 is 6.03 Å². The number of piperazine rings is 1. The highest BCUT2D eigenvalue weighted by Gasteiger charge is 2.26. The van der Waals surface area contributed by atoms with Gasteiger partial charge in [0.05, 0.1) is 19.3 Å². The van der Waals surface area contributed by atoms with Gasteiger partial charge in [-0.2, -0.15) is 9.97 Å². The van der Waals surface area contributed by atoms with E-state index in [1.807, 2.05) is 36.4 Å². The number of urea groups is 1. The minimum atomic E-state index is -0.289. The molecule has 3 aliphatic rings. The molecule has 1 aromatic heterocycles. The van der Waals surface area contributed by atoms with Crippen LogP contribution >= 0.6 is 0 Å². The Hall–Kier alpha value is -3.80. The van der Waals surface area contributed by atoms with Crippen LogP contribution in [-0.2, 0) is 9.47 Å². The van der Waals surface area contributed by atoms with Crippen LogP contribution in [-0.4, -0.2) is 97.6 Å². The first kappa shape index (κ1) is 29.3. The van der Waals surface area contributed by atoms with E-state index < -0.39 is 0 Å². The van der Waals surface area contributed by atoms with E-state index in [1.54, 1.807) is 0 Å². The van der Waals surface area contributed by atoms with Crippen LogP contribution in [0.5, 0.6) is 0 Å². The van der Waals surface area contributed by atoms with Gasteiger partial charge in [-0.3, -0.25) is 0 Å². The highest BCUT2D eigenvalue weighted by Crippen LogP contribution is 2.29. The fourth-order valence-electron chi connectivity index (χ4n) is 5.87. The Balaban J connectivity index is 1.11. The molecule has 43 heavy (non-hydrogen) atoms. The Morgan fingerprint density at radius 3 is 2.16 bits per heavy atom. The van der Waals surface area contributed by atoms with E-state index in [2.05, 4.69) is 51.3 Å². The van der Waals surface area contributed by atoms with Crippen LogP contribution in [0.1, 0.15) is 38.4 Å². The van der Waals surface area contributed by atoms with Crippen LogP contribution in [0.15, 0.2) is 48.5 Å². The maximum atomic E-state index is 12.8. The number of nitrogens with zero attached hydrogens (tertiary/aromatic N) is 6. The highest BCUT2D eigenvalue weighted by molar-refractivity contribution is 5.99. The quantitative estimate of drug-likeness (QED) is 0.415. The first-order valence-electron chi connectivity index (χ1n) is 15.5. The summed E-state index contributed by atoms with van der Waals surface area (Å²) in [5, 5.41) is 5.87. The van der Waals surface area contributed by atoms with Crippen LogP contribution in [0.25, 0.3) is 11.4 Å². The fourth-order valence-corrected chi connectivity index (χ4v) is 5.87. The molecule has 1 atom stereocenters. The number of hydrogen-bond acceptors (Lipinski definition) is 9. The van der Waals surface area contributed by atoms with Crippen molar-refractivity contribution in [3.05, 3.63) is 54.4 Å². The van der Waals surface area contributed by atoms with Gasteiger partial charge < -0.3 is 34.8 Å². The van der Waals surface area contributed by atoms with Crippen molar-refractivity contribution in [1.82, 2.24) is 19.9 Å². The molecule has 0 bridgehead atoms. The second-order valence-electron chi connectivity index (χ2n) is 11.4. The van der Waals surface area contributed by atoms with E-state index in [1.165, 1.54) is 5.69 Å². The lowest BCUT2D eigenvalue weighted by atomic mass is 9.99. The number of carbonyl (C=O) groups excluding carboxylic acids is 1. The lowest BCUT2D eigenvalue weighted by molar-refractivity contribution is 0.0834. The van der Waals surface area contributed by atoms with Crippen molar-refractivity contribution in [2.75, 3.05) is 86.1 Å². The SMILES string of the molecule is CCN1CCN(c2ccc(NC(=O)Nc3ccc(-c4nc(C5CCOCC5)nc(N5CCOCC5C)n4)cc3)cc2)CC1. The molecule has 4 heterocycles. The average molecular weight is 587 g/mol. The van der Waals surface area contributed by atoms with E-state index in [-0.39, 0.29) is 18.0 Å². The summed E-state index contributed by atoms with van der Waals surface area (Å²) >= 11 is 0. The zero-order valence-electron chi connectivity index (χ0n) is 25.2. The van der Waals surface area contributed by atoms with Crippen LogP contribution in [0, 0.1) is 0 Å². The summed E-state index contributed by atoms with van der Waals surface area (Å²) in [6.07, 6.45) is 1.80. The van der Waals surface area contributed by atoms with E-state index >= 15 is 0 Å². The van der Waals surface area contributed by atoms with Crippen molar-refractivity contribution in [2.24, 2.45) is 0 Å². The van der Waals surface area contributed by atoms with Crippen molar-refractivity contribution in [3.8, 4) is 11.4 Å². The number of nitrogens with one attached hydrogen (secondary N) is 2. The number of likely N-dealkylation sites (N-methyl/N-ethyl adjacent to an activating group) is 1. The van der Waals surface area contributed by atoms with Crippen molar-refractivity contribution in [3.63, 3.8) is 0 Å². The molecule has 3 aromatic rings. The molecule has 0 aliphatic carbocycles. The average Bonchev–Trinajstić information content (AvgIpc) is 3.06. The first-order chi connectivity index (χ1) is 21.1. The summed E-state index contributed by atoms with van der Waals surface area (Å²) in [5.41, 5.74) is 3.49. The Morgan fingerprint density at radius 2 is 1.51 bits per heavy atom. The van der Waals surface area contributed by atoms with Crippen LogP contribution in [0.2, 0.25) is 0 Å². The minimum absolute atomic E-state index is 0.185. The maximum Gasteiger partial charge on any atom is 0.323 e. The zero-order valence-corrected chi connectivity index (χ0v) is 25.2. The number of morpholine rings is 1. The first-order valence-corrected chi connectivity index (χ1v) is 15.5. The molecule has 2 amide bonds. The van der Waals surface area contributed by atoms with Crippen molar-refractivity contribution in [2.45, 2.75) is 38.6 Å². The summed E-state index contributed by atoms with van der Waals surface area (Å²) in [6, 6.07) is 15.6. The van der Waals surface area contributed by atoms with Gasteiger partial charge in [-0.1, -0.05) is 6.92 Å². The van der Waals surface area contributed by atoms with E-state index in [0.29, 0.717) is 30.7 Å². The topological polar surface area (TPSA) is 108 Å². The molecular weight excluding hydrogens is 544 g/mol. The number of carbonyl (C=O) groups is 1. The standard InChI is InChI=1S/C32H42N8O3/c1-3-38-14-16-39(17-15-38)28-10-8-27(9-11-28)34-32(41)33-26-6-4-24(5-7-26)29-35-30(25-12-19-42-20-13-25)37-31(36-29)40-18-21-43-22-23(40)2/h4-11,23,25H,3,12-22H2,1-2H3,(H2,33,34,41). The largest absolute Gasteiger partial charge is 0.381 e. The number of hydrogen-bond donors (Lipinski definition) is 2. The smallest absolute Gasteiger partial charge is 0.323 e. The molecule has 0 spiro atoms. The molecule has 3 aliphatic heterocycles. The van der Waals surface area contributed by atoms with Crippen molar-refractivity contribution in [1.29, 1.82) is 0 Å². The molecular formula is C32H42N8O3. The monoisotopic (exact) mass is 586 g/mol. The molecule has 11 heteroatoms. The number of aromatic nitrogens is 3. The normalized spacial score (nSPS) is 20.2. The Bertz CT molecular complexity index is 1360.